The predicted molar refractivity (Wildman–Crippen MR) is 218 cm³/mol. The van der Waals surface area contributed by atoms with Crippen molar-refractivity contribution in [2.24, 2.45) is 95.7 Å². The first-order valence-electron chi connectivity index (χ1n) is 20.6. The highest BCUT2D eigenvalue weighted by Gasteiger charge is 2.66. The van der Waals surface area contributed by atoms with Crippen LogP contribution in [0.25, 0.3) is 0 Å². The number of aliphatic imine (C=N–C) groups is 3. The van der Waals surface area contributed by atoms with Gasteiger partial charge in [0.25, 0.3) is 0 Å². The van der Waals surface area contributed by atoms with Crippen molar-refractivity contribution < 1.29 is 14.2 Å². The molecule has 5 rings (SSSR count). The van der Waals surface area contributed by atoms with Crippen LogP contribution in [0, 0.1) is 46.3 Å². The Bertz CT molecular complexity index is 1400. The molecule has 11 atom stereocenters. The summed E-state index contributed by atoms with van der Waals surface area (Å²) in [4.78, 5) is 15.1. The van der Waals surface area contributed by atoms with Crippen LogP contribution in [-0.2, 0) is 20.8 Å². The molecule has 0 amide bonds. The van der Waals surface area contributed by atoms with Gasteiger partial charge in [-0.15, -0.1) is 0 Å². The number of benzene rings is 1. The van der Waals surface area contributed by atoms with Crippen LogP contribution >= 0.6 is 0 Å². The van der Waals surface area contributed by atoms with E-state index in [1.54, 1.807) is 0 Å². The molecule has 0 radical (unpaired) electrons. The second kappa shape index (κ2) is 19.1. The van der Waals surface area contributed by atoms with Crippen LogP contribution in [0.5, 0.6) is 0 Å². The minimum absolute atomic E-state index is 0.00477. The Labute approximate surface area is 324 Å². The SMILES string of the molecule is C[C@H](CCCN(C)Cc1ccccc1)[C@H]1CC[C@H]2[C@@H]3[C@H](OCCN=C(N)N)C[C@@H]4C[C@H](OCCN=C(N)N)CC[C@]4(C)[C@H]3C[C@H](OCCN=C(N)N)[C@]12C. The molecule has 0 unspecified atom stereocenters. The summed E-state index contributed by atoms with van der Waals surface area (Å²) in [7, 11) is 2.24. The molecule has 4 fully saturated rings. The zero-order chi connectivity index (χ0) is 38.9. The van der Waals surface area contributed by atoms with Gasteiger partial charge in [0.15, 0.2) is 17.9 Å². The van der Waals surface area contributed by atoms with Gasteiger partial charge in [-0.1, -0.05) is 51.1 Å². The lowest BCUT2D eigenvalue weighted by molar-refractivity contribution is -0.226. The average Bonchev–Trinajstić information content (AvgIpc) is 3.48. The van der Waals surface area contributed by atoms with Crippen molar-refractivity contribution in [3.8, 4) is 0 Å². The summed E-state index contributed by atoms with van der Waals surface area (Å²) in [6.45, 7) is 12.6. The van der Waals surface area contributed by atoms with Crippen molar-refractivity contribution in [3.05, 3.63) is 35.9 Å². The molecule has 0 spiro atoms. The Kier molecular flexibility index (Phi) is 14.9. The molecule has 1 aromatic carbocycles. The van der Waals surface area contributed by atoms with Gasteiger partial charge in [-0.05, 0) is 118 Å². The quantitative estimate of drug-likeness (QED) is 0.0687. The molecule has 0 heterocycles. The lowest BCUT2D eigenvalue weighted by atomic mass is 9.43. The molecule has 0 saturated heterocycles. The van der Waals surface area contributed by atoms with Crippen LogP contribution in [0.3, 0.4) is 0 Å². The number of hydrogen-bond donors (Lipinski definition) is 6. The molecule has 1 aromatic rings. The zero-order valence-electron chi connectivity index (χ0n) is 33.6. The number of guanidine groups is 3. The fourth-order valence-electron chi connectivity index (χ4n) is 11.6. The lowest BCUT2D eigenvalue weighted by Gasteiger charge is -2.64. The second-order valence-electron chi connectivity index (χ2n) is 17.3. The van der Waals surface area contributed by atoms with E-state index in [-0.39, 0.29) is 47.0 Å². The molecule has 0 bridgehead atoms. The van der Waals surface area contributed by atoms with Gasteiger partial charge in [-0.25, -0.2) is 0 Å². The van der Waals surface area contributed by atoms with E-state index >= 15 is 0 Å². The minimum Gasteiger partial charge on any atom is -0.376 e. The fourth-order valence-corrected chi connectivity index (χ4v) is 11.6. The van der Waals surface area contributed by atoms with Crippen molar-refractivity contribution in [1.82, 2.24) is 4.90 Å². The molecule has 0 aromatic heterocycles. The Morgan fingerprint density at radius 3 is 2.07 bits per heavy atom. The maximum absolute atomic E-state index is 7.01. The first-order valence-corrected chi connectivity index (χ1v) is 20.6. The lowest BCUT2D eigenvalue weighted by Crippen LogP contribution is -2.63. The Balaban J connectivity index is 1.36. The van der Waals surface area contributed by atoms with E-state index < -0.39 is 0 Å². The van der Waals surface area contributed by atoms with Crippen molar-refractivity contribution in [3.63, 3.8) is 0 Å². The van der Waals surface area contributed by atoms with Gasteiger partial charge in [-0.2, -0.15) is 0 Å². The molecule has 4 aliphatic carbocycles. The van der Waals surface area contributed by atoms with Crippen molar-refractivity contribution in [2.45, 2.75) is 103 Å². The Hall–Kier alpha value is -3.13. The first kappa shape index (κ1) is 42.0. The van der Waals surface area contributed by atoms with Gasteiger partial charge >= 0.3 is 0 Å². The standard InChI is InChI=1S/C41H72N10O3/c1-27(9-8-19-51(4)26-28-10-6-5-7-11-28)31-12-13-32-36-33(25-35(41(31,32)3)54-22-18-50-39(46)47)40(2)15-14-30(52-20-16-48-37(42)43)23-29(40)24-34(36)53-21-17-49-38(44)45/h5-7,10-11,27,29-36H,8-9,12-26H2,1-4H3,(H4,42,43,48)(H4,44,45,49)(H4,46,47,50)/t27-,29+,30-,31-,32+,33+,34-,35+,36+,40+,41-/m1/s1. The van der Waals surface area contributed by atoms with Crippen LogP contribution < -0.4 is 34.4 Å². The zero-order valence-corrected chi connectivity index (χ0v) is 33.6. The first-order chi connectivity index (χ1) is 25.8. The fraction of sp³-hybridized carbons (Fsp3) is 0.780. The summed E-state index contributed by atoms with van der Waals surface area (Å²) in [5, 5.41) is 0. The monoisotopic (exact) mass is 753 g/mol. The van der Waals surface area contributed by atoms with E-state index in [0.717, 1.165) is 45.2 Å². The van der Waals surface area contributed by atoms with E-state index in [1.165, 1.54) is 31.2 Å². The number of fused-ring (bicyclic) bond motifs is 5. The van der Waals surface area contributed by atoms with Crippen LogP contribution in [0.15, 0.2) is 45.3 Å². The van der Waals surface area contributed by atoms with Crippen molar-refractivity contribution >= 4 is 17.9 Å². The third-order valence-electron chi connectivity index (χ3n) is 14.1. The van der Waals surface area contributed by atoms with E-state index in [1.807, 2.05) is 0 Å². The number of nitrogens with zero attached hydrogens (tertiary/aromatic N) is 4. The molecule has 54 heavy (non-hydrogen) atoms. The molecule has 0 aliphatic heterocycles. The largest absolute Gasteiger partial charge is 0.376 e. The second-order valence-corrected chi connectivity index (χ2v) is 17.3. The summed E-state index contributed by atoms with van der Waals surface area (Å²) in [6, 6.07) is 10.8. The summed E-state index contributed by atoms with van der Waals surface area (Å²) in [6.07, 6.45) is 10.4. The molecule has 13 heteroatoms. The van der Waals surface area contributed by atoms with Gasteiger partial charge in [0.2, 0.25) is 0 Å². The van der Waals surface area contributed by atoms with E-state index in [4.69, 9.17) is 48.6 Å². The van der Waals surface area contributed by atoms with Crippen LogP contribution in [0.4, 0.5) is 0 Å². The predicted octanol–water partition coefficient (Wildman–Crippen LogP) is 3.39. The van der Waals surface area contributed by atoms with Gasteiger partial charge in [0, 0.05) is 12.0 Å². The third kappa shape index (κ3) is 10.2. The summed E-state index contributed by atoms with van der Waals surface area (Å²) in [5.74, 6) is 3.27. The van der Waals surface area contributed by atoms with Gasteiger partial charge in [0.1, 0.15) is 0 Å². The molecule has 4 aliphatic rings. The van der Waals surface area contributed by atoms with Gasteiger partial charge in [-0.3, -0.25) is 15.0 Å². The van der Waals surface area contributed by atoms with Crippen LogP contribution in [0.2, 0.25) is 0 Å². The number of rotatable bonds is 19. The average molecular weight is 753 g/mol. The van der Waals surface area contributed by atoms with Crippen molar-refractivity contribution in [1.29, 1.82) is 0 Å². The van der Waals surface area contributed by atoms with E-state index in [0.29, 0.717) is 75.0 Å². The smallest absolute Gasteiger partial charge is 0.185 e. The maximum atomic E-state index is 7.01. The minimum atomic E-state index is 0.00477. The van der Waals surface area contributed by atoms with Crippen molar-refractivity contribution in [2.75, 3.05) is 53.0 Å². The molecule has 13 nitrogen and oxygen atoms in total. The topological polar surface area (TPSA) is 224 Å². The van der Waals surface area contributed by atoms with Gasteiger partial charge in [0.05, 0.1) is 57.8 Å². The number of nitrogens with two attached hydrogens (primary N) is 6. The molecular formula is C41H72N10O3. The highest BCUT2D eigenvalue weighted by molar-refractivity contribution is 5.76. The summed E-state index contributed by atoms with van der Waals surface area (Å²) < 4.78 is 20.3. The van der Waals surface area contributed by atoms with E-state index in [9.17, 15) is 0 Å². The highest BCUT2D eigenvalue weighted by Crippen LogP contribution is 2.69. The highest BCUT2D eigenvalue weighted by atomic mass is 16.5. The Morgan fingerprint density at radius 2 is 1.43 bits per heavy atom. The molecule has 4 saturated carbocycles. The number of hydrogen-bond acceptors (Lipinski definition) is 7. The molecular weight excluding hydrogens is 681 g/mol. The Morgan fingerprint density at radius 1 is 0.796 bits per heavy atom. The molecule has 12 N–H and O–H groups in total. The summed E-state index contributed by atoms with van der Waals surface area (Å²) in [5.41, 5.74) is 35.5. The number of ether oxygens (including phenoxy) is 3. The third-order valence-corrected chi connectivity index (χ3v) is 14.1. The van der Waals surface area contributed by atoms with Gasteiger partial charge < -0.3 is 53.5 Å². The summed E-state index contributed by atoms with van der Waals surface area (Å²) >= 11 is 0. The molecule has 304 valence electrons. The van der Waals surface area contributed by atoms with E-state index in [2.05, 4.69) is 78.0 Å². The van der Waals surface area contributed by atoms with Crippen LogP contribution in [-0.4, -0.2) is 94.1 Å². The maximum Gasteiger partial charge on any atom is 0.185 e. The van der Waals surface area contributed by atoms with Crippen LogP contribution in [0.1, 0.15) is 84.1 Å². The normalized spacial score (nSPS) is 33.6.